The van der Waals surface area contributed by atoms with Gasteiger partial charge in [0.1, 0.15) is 24.0 Å². The Morgan fingerprint density at radius 1 is 1.10 bits per heavy atom. The minimum absolute atomic E-state index is 0.113. The number of carbonyl (C=O) groups excluding carboxylic acids is 1. The number of benzene rings is 2. The Balaban J connectivity index is 1.40. The maximum absolute atomic E-state index is 14.2. The smallest absolute Gasteiger partial charge is 0.275 e. The van der Waals surface area contributed by atoms with E-state index in [0.29, 0.717) is 29.3 Å². The second kappa shape index (κ2) is 7.71. The molecule has 1 amide bonds. The van der Waals surface area contributed by atoms with E-state index in [9.17, 15) is 13.6 Å². The van der Waals surface area contributed by atoms with Crippen LogP contribution < -0.4 is 9.75 Å². The van der Waals surface area contributed by atoms with Gasteiger partial charge < -0.3 is 4.74 Å². The molecule has 6 nitrogen and oxygen atoms in total. The molecule has 0 atom stereocenters. The molecule has 0 fully saturated rings. The number of carbonyl (C=O) groups is 1. The molecule has 2 aromatic carbocycles. The summed E-state index contributed by atoms with van der Waals surface area (Å²) in [4.78, 5) is 13.0. The third-order valence-electron chi connectivity index (χ3n) is 5.29. The van der Waals surface area contributed by atoms with Crippen LogP contribution in [0, 0.1) is 11.6 Å². The van der Waals surface area contributed by atoms with Crippen LogP contribution in [0.3, 0.4) is 0 Å². The second-order valence-electron chi connectivity index (χ2n) is 7.18. The molecule has 0 N–H and O–H groups in total. The second-order valence-corrected chi connectivity index (χ2v) is 8.25. The fourth-order valence-corrected chi connectivity index (χ4v) is 4.69. The maximum Gasteiger partial charge on any atom is 0.275 e. The van der Waals surface area contributed by atoms with Gasteiger partial charge in [-0.05, 0) is 54.7 Å². The van der Waals surface area contributed by atoms with Crippen LogP contribution in [0.2, 0.25) is 0 Å². The molecule has 0 unspecified atom stereocenters. The third kappa shape index (κ3) is 3.43. The summed E-state index contributed by atoms with van der Waals surface area (Å²) in [5.74, 6) is -0.436. The number of fused-ring (bicyclic) bond motifs is 2. The van der Waals surface area contributed by atoms with E-state index in [1.807, 2.05) is 12.1 Å². The van der Waals surface area contributed by atoms with Crippen molar-refractivity contribution >= 4 is 17.7 Å². The Morgan fingerprint density at radius 2 is 1.97 bits per heavy atom. The zero-order valence-corrected chi connectivity index (χ0v) is 16.8. The monoisotopic (exact) mass is 428 g/mol. The molecule has 0 spiro atoms. The first-order valence-corrected chi connectivity index (χ1v) is 10.7. The molecule has 3 aromatic rings. The van der Waals surface area contributed by atoms with Gasteiger partial charge in [0.05, 0.1) is 12.1 Å². The van der Waals surface area contributed by atoms with Crippen molar-refractivity contribution in [2.75, 3.05) is 17.3 Å². The van der Waals surface area contributed by atoms with Crippen molar-refractivity contribution in [1.82, 2.24) is 14.9 Å². The van der Waals surface area contributed by atoms with Gasteiger partial charge >= 0.3 is 0 Å². The molecule has 5 rings (SSSR count). The minimum Gasteiger partial charge on any atom is -0.486 e. The molecule has 0 radical (unpaired) electrons. The van der Waals surface area contributed by atoms with Crippen molar-refractivity contribution in [2.24, 2.45) is 0 Å². The highest BCUT2D eigenvalue weighted by Crippen LogP contribution is 2.28. The first kappa shape index (κ1) is 19.0. The van der Waals surface area contributed by atoms with Crippen molar-refractivity contribution in [3.05, 3.63) is 70.5 Å². The van der Waals surface area contributed by atoms with Gasteiger partial charge in [-0.1, -0.05) is 17.8 Å². The first-order valence-electron chi connectivity index (χ1n) is 9.69. The molecule has 1 aliphatic heterocycles. The van der Waals surface area contributed by atoms with Crippen LogP contribution in [0.4, 0.5) is 8.78 Å². The molecule has 2 heterocycles. The van der Waals surface area contributed by atoms with Crippen molar-refractivity contribution in [1.29, 1.82) is 0 Å². The van der Waals surface area contributed by atoms with Gasteiger partial charge in [0.25, 0.3) is 5.91 Å². The molecule has 154 valence electrons. The van der Waals surface area contributed by atoms with E-state index in [-0.39, 0.29) is 12.2 Å². The molecule has 0 saturated heterocycles. The fraction of sp³-hybridized carbons (Fsp3) is 0.286. The molecule has 9 heteroatoms. The summed E-state index contributed by atoms with van der Waals surface area (Å²) in [6.45, 7) is 0.458. The molecule has 30 heavy (non-hydrogen) atoms. The number of halogens is 2. The van der Waals surface area contributed by atoms with Crippen molar-refractivity contribution in [3.63, 3.8) is 0 Å². The SMILES string of the molecule is O=C(c1ccc(F)cc1F)N1CCSc2nnc(COc3ccc4c(c3)CCC4)n21. The van der Waals surface area contributed by atoms with Crippen molar-refractivity contribution in [2.45, 2.75) is 31.0 Å². The van der Waals surface area contributed by atoms with Crippen LogP contribution in [0.5, 0.6) is 5.75 Å². The molecular formula is C21H18F2N4O2S. The Labute approximate surface area is 175 Å². The Kier molecular flexibility index (Phi) is 4.90. The highest BCUT2D eigenvalue weighted by Gasteiger charge is 2.30. The van der Waals surface area contributed by atoms with Crippen LogP contribution >= 0.6 is 11.8 Å². The average molecular weight is 428 g/mol. The molecule has 1 aliphatic carbocycles. The summed E-state index contributed by atoms with van der Waals surface area (Å²) in [5, 5.41) is 10.2. The zero-order valence-electron chi connectivity index (χ0n) is 16.0. The Morgan fingerprint density at radius 3 is 2.83 bits per heavy atom. The summed E-state index contributed by atoms with van der Waals surface area (Å²) < 4.78 is 34.9. The predicted octanol–water partition coefficient (Wildman–Crippen LogP) is 3.51. The van der Waals surface area contributed by atoms with Gasteiger partial charge in [0.15, 0.2) is 5.82 Å². The summed E-state index contributed by atoms with van der Waals surface area (Å²) in [6, 6.07) is 8.99. The lowest BCUT2D eigenvalue weighted by Gasteiger charge is -2.29. The normalized spacial score (nSPS) is 15.1. The number of nitrogens with zero attached hydrogens (tertiary/aromatic N) is 4. The molecule has 0 bridgehead atoms. The first-order chi connectivity index (χ1) is 14.6. The van der Waals surface area contributed by atoms with E-state index in [0.717, 1.165) is 37.1 Å². The lowest BCUT2D eigenvalue weighted by atomic mass is 10.1. The topological polar surface area (TPSA) is 60.3 Å². The Hall–Kier alpha value is -2.94. The van der Waals surface area contributed by atoms with Gasteiger partial charge in [0, 0.05) is 11.8 Å². The standard InChI is InChI=1S/C21H18F2N4O2S/c22-15-5-7-17(18(23)11-15)20(28)26-8-9-30-21-25-24-19(27(21)26)12-29-16-6-4-13-2-1-3-14(13)10-16/h4-7,10-11H,1-3,8-9,12H2. The van der Waals surface area contributed by atoms with E-state index < -0.39 is 17.5 Å². The van der Waals surface area contributed by atoms with E-state index >= 15 is 0 Å². The van der Waals surface area contributed by atoms with Crippen LogP contribution in [-0.2, 0) is 19.4 Å². The average Bonchev–Trinajstić information content (AvgIpc) is 3.38. The number of amides is 1. The lowest BCUT2D eigenvalue weighted by molar-refractivity contribution is 0.0948. The lowest BCUT2D eigenvalue weighted by Crippen LogP contribution is -2.46. The molecule has 0 saturated carbocycles. The summed E-state index contributed by atoms with van der Waals surface area (Å²) in [5.41, 5.74) is 2.46. The fourth-order valence-electron chi connectivity index (χ4n) is 3.82. The largest absolute Gasteiger partial charge is 0.486 e. The summed E-state index contributed by atoms with van der Waals surface area (Å²) in [7, 11) is 0. The number of hydrogen-bond acceptors (Lipinski definition) is 5. The third-order valence-corrected chi connectivity index (χ3v) is 6.19. The van der Waals surface area contributed by atoms with Gasteiger partial charge in [-0.2, -0.15) is 0 Å². The predicted molar refractivity (Wildman–Crippen MR) is 107 cm³/mol. The number of aromatic nitrogens is 3. The van der Waals surface area contributed by atoms with E-state index in [1.165, 1.54) is 27.9 Å². The van der Waals surface area contributed by atoms with Crippen LogP contribution in [0.25, 0.3) is 0 Å². The van der Waals surface area contributed by atoms with Crippen LogP contribution in [0.15, 0.2) is 41.6 Å². The van der Waals surface area contributed by atoms with E-state index in [4.69, 9.17) is 4.74 Å². The van der Waals surface area contributed by atoms with Gasteiger partial charge in [-0.3, -0.25) is 4.79 Å². The van der Waals surface area contributed by atoms with Gasteiger partial charge in [-0.25, -0.2) is 18.5 Å². The van der Waals surface area contributed by atoms with Crippen molar-refractivity contribution in [3.8, 4) is 5.75 Å². The summed E-state index contributed by atoms with van der Waals surface area (Å²) in [6.07, 6.45) is 3.31. The van der Waals surface area contributed by atoms with Gasteiger partial charge in [-0.15, -0.1) is 10.2 Å². The zero-order chi connectivity index (χ0) is 20.7. The number of aryl methyl sites for hydroxylation is 2. The Bertz CT molecular complexity index is 1130. The number of ether oxygens (including phenoxy) is 1. The molecular weight excluding hydrogens is 410 g/mol. The molecule has 1 aromatic heterocycles. The highest BCUT2D eigenvalue weighted by atomic mass is 32.2. The van der Waals surface area contributed by atoms with E-state index in [2.05, 4.69) is 16.3 Å². The minimum atomic E-state index is -0.899. The van der Waals surface area contributed by atoms with Gasteiger partial charge in [0.2, 0.25) is 5.16 Å². The quantitative estimate of drug-likeness (QED) is 0.637. The van der Waals surface area contributed by atoms with Crippen molar-refractivity contribution < 1.29 is 18.3 Å². The van der Waals surface area contributed by atoms with Crippen LogP contribution in [0.1, 0.15) is 33.7 Å². The summed E-state index contributed by atoms with van der Waals surface area (Å²) >= 11 is 1.46. The van der Waals surface area contributed by atoms with Crippen LogP contribution in [-0.4, -0.2) is 33.1 Å². The number of hydrogen-bond donors (Lipinski definition) is 0. The molecule has 2 aliphatic rings. The number of rotatable bonds is 4. The number of thioether (sulfide) groups is 1. The van der Waals surface area contributed by atoms with E-state index in [1.54, 1.807) is 4.68 Å². The maximum atomic E-state index is 14.2. The highest BCUT2D eigenvalue weighted by molar-refractivity contribution is 7.99.